The Morgan fingerprint density at radius 1 is 0.586 bits per heavy atom. The Kier molecular flexibility index (Phi) is 5.39. The third kappa shape index (κ3) is 4.04. The summed E-state index contributed by atoms with van der Waals surface area (Å²) in [5.74, 6) is -2.40. The first kappa shape index (κ1) is 19.3. The molecule has 29 heavy (non-hydrogen) atoms. The van der Waals surface area contributed by atoms with Crippen LogP contribution < -0.4 is 0 Å². The van der Waals surface area contributed by atoms with Crippen molar-refractivity contribution in [2.24, 2.45) is 0 Å². The van der Waals surface area contributed by atoms with Crippen molar-refractivity contribution in [1.29, 1.82) is 0 Å². The molecule has 0 aromatic heterocycles. The molecule has 0 amide bonds. The zero-order chi connectivity index (χ0) is 20.4. The van der Waals surface area contributed by atoms with E-state index in [-0.39, 0.29) is 5.56 Å². The number of rotatable bonds is 5. The highest BCUT2D eigenvalue weighted by atomic mass is 19.2. The van der Waals surface area contributed by atoms with Crippen LogP contribution in [0.3, 0.4) is 0 Å². The lowest BCUT2D eigenvalue weighted by Crippen LogP contribution is -1.90. The van der Waals surface area contributed by atoms with Crippen molar-refractivity contribution in [3.63, 3.8) is 0 Å². The van der Waals surface area contributed by atoms with Crippen molar-refractivity contribution in [3.8, 4) is 22.3 Å². The molecule has 0 atom stereocenters. The molecule has 4 aromatic carbocycles. The van der Waals surface area contributed by atoms with Gasteiger partial charge in [0.25, 0.3) is 0 Å². The van der Waals surface area contributed by atoms with E-state index >= 15 is 0 Å². The van der Waals surface area contributed by atoms with Crippen LogP contribution in [0.4, 0.5) is 13.2 Å². The molecule has 146 valence electrons. The Balaban J connectivity index is 1.66. The smallest absolute Gasteiger partial charge is 0.159 e. The van der Waals surface area contributed by atoms with Crippen molar-refractivity contribution in [1.82, 2.24) is 0 Å². The van der Waals surface area contributed by atoms with Gasteiger partial charge in [-0.15, -0.1) is 0 Å². The summed E-state index contributed by atoms with van der Waals surface area (Å²) in [5.41, 5.74) is 3.54. The number of halogens is 3. The van der Waals surface area contributed by atoms with E-state index in [0.717, 1.165) is 35.1 Å². The van der Waals surface area contributed by atoms with Crippen molar-refractivity contribution < 1.29 is 13.2 Å². The zero-order valence-corrected chi connectivity index (χ0v) is 16.2. The fourth-order valence-electron chi connectivity index (χ4n) is 3.60. The van der Waals surface area contributed by atoms with Gasteiger partial charge in [0, 0.05) is 5.56 Å². The molecule has 4 rings (SSSR count). The maximum absolute atomic E-state index is 14.7. The Labute approximate surface area is 168 Å². The third-order valence-electron chi connectivity index (χ3n) is 5.26. The van der Waals surface area contributed by atoms with Crippen LogP contribution in [0.15, 0.2) is 72.8 Å². The van der Waals surface area contributed by atoms with Gasteiger partial charge in [0.1, 0.15) is 5.82 Å². The molecule has 4 aromatic rings. The Hall–Kier alpha value is -3.07. The van der Waals surface area contributed by atoms with Crippen LogP contribution in [-0.4, -0.2) is 0 Å². The lowest BCUT2D eigenvalue weighted by atomic mass is 9.96. The topological polar surface area (TPSA) is 0 Å². The minimum absolute atomic E-state index is 0.244. The standard InChI is InChI=1S/C26H21F3/c1-2-3-4-17-5-6-19-14-20(8-7-18(19)13-17)21-9-11-23(25(28)15-21)22-10-12-24(27)26(29)16-22/h5-16H,2-4H2,1H3. The average molecular weight is 390 g/mol. The summed E-state index contributed by atoms with van der Waals surface area (Å²) >= 11 is 0. The van der Waals surface area contributed by atoms with E-state index in [1.165, 1.54) is 35.9 Å². The van der Waals surface area contributed by atoms with Crippen molar-refractivity contribution in [2.45, 2.75) is 26.2 Å². The second-order valence-electron chi connectivity index (χ2n) is 7.32. The van der Waals surface area contributed by atoms with Crippen LogP contribution in [0.2, 0.25) is 0 Å². The molecule has 0 radical (unpaired) electrons. The Morgan fingerprint density at radius 3 is 2.00 bits per heavy atom. The number of hydrogen-bond donors (Lipinski definition) is 0. The van der Waals surface area contributed by atoms with Gasteiger partial charge in [0.15, 0.2) is 11.6 Å². The van der Waals surface area contributed by atoms with E-state index in [1.54, 1.807) is 12.1 Å². The van der Waals surface area contributed by atoms with Crippen LogP contribution in [0.1, 0.15) is 25.3 Å². The molecule has 0 aliphatic rings. The van der Waals surface area contributed by atoms with E-state index in [9.17, 15) is 13.2 Å². The van der Waals surface area contributed by atoms with Gasteiger partial charge in [-0.3, -0.25) is 0 Å². The van der Waals surface area contributed by atoms with Gasteiger partial charge in [0.2, 0.25) is 0 Å². The van der Waals surface area contributed by atoms with Crippen molar-refractivity contribution in [2.75, 3.05) is 0 Å². The van der Waals surface area contributed by atoms with Gasteiger partial charge < -0.3 is 0 Å². The van der Waals surface area contributed by atoms with E-state index in [0.29, 0.717) is 5.56 Å². The number of fused-ring (bicyclic) bond motifs is 1. The molecule has 0 aliphatic heterocycles. The number of hydrogen-bond acceptors (Lipinski definition) is 0. The molecule has 0 N–H and O–H groups in total. The van der Waals surface area contributed by atoms with E-state index in [2.05, 4.69) is 31.2 Å². The SMILES string of the molecule is CCCCc1ccc2cc(-c3ccc(-c4ccc(F)c(F)c4)c(F)c3)ccc2c1. The molecule has 0 fully saturated rings. The van der Waals surface area contributed by atoms with Crippen LogP contribution in [0, 0.1) is 17.5 Å². The lowest BCUT2D eigenvalue weighted by molar-refractivity contribution is 0.509. The van der Waals surface area contributed by atoms with Gasteiger partial charge in [-0.05, 0) is 70.1 Å². The maximum Gasteiger partial charge on any atom is 0.159 e. The summed E-state index contributed by atoms with van der Waals surface area (Å²) < 4.78 is 41.4. The van der Waals surface area contributed by atoms with E-state index in [1.807, 2.05) is 12.1 Å². The predicted octanol–water partition coefficient (Wildman–Crippen LogP) is 7.93. The molecule has 0 saturated heterocycles. The van der Waals surface area contributed by atoms with Crippen LogP contribution in [0.5, 0.6) is 0 Å². The predicted molar refractivity (Wildman–Crippen MR) is 113 cm³/mol. The number of aryl methyl sites for hydroxylation is 1. The third-order valence-corrected chi connectivity index (χ3v) is 5.26. The molecule has 0 spiro atoms. The Bertz CT molecular complexity index is 1180. The van der Waals surface area contributed by atoms with Gasteiger partial charge >= 0.3 is 0 Å². The molecule has 0 heterocycles. The quantitative estimate of drug-likeness (QED) is 0.324. The monoisotopic (exact) mass is 390 g/mol. The summed E-state index contributed by atoms with van der Waals surface area (Å²) in [6.45, 7) is 2.18. The fraction of sp³-hybridized carbons (Fsp3) is 0.154. The second kappa shape index (κ2) is 8.12. The summed E-state index contributed by atoms with van der Waals surface area (Å²) in [4.78, 5) is 0. The summed E-state index contributed by atoms with van der Waals surface area (Å²) in [5, 5.41) is 2.27. The van der Waals surface area contributed by atoms with Crippen molar-refractivity contribution in [3.05, 3.63) is 95.8 Å². The van der Waals surface area contributed by atoms with Gasteiger partial charge in [-0.25, -0.2) is 13.2 Å². The summed E-state index contributed by atoms with van der Waals surface area (Å²) in [6, 6.07) is 20.8. The number of unbranched alkanes of at least 4 members (excludes halogenated alkanes) is 1. The van der Waals surface area contributed by atoms with Crippen molar-refractivity contribution >= 4 is 10.8 Å². The first-order valence-corrected chi connectivity index (χ1v) is 9.83. The first-order valence-electron chi connectivity index (χ1n) is 9.83. The van der Waals surface area contributed by atoms with Gasteiger partial charge in [-0.2, -0.15) is 0 Å². The zero-order valence-electron chi connectivity index (χ0n) is 16.2. The van der Waals surface area contributed by atoms with Crippen LogP contribution >= 0.6 is 0 Å². The van der Waals surface area contributed by atoms with Crippen LogP contribution in [-0.2, 0) is 6.42 Å². The van der Waals surface area contributed by atoms with Crippen LogP contribution in [0.25, 0.3) is 33.0 Å². The molecular formula is C26H21F3. The van der Waals surface area contributed by atoms with Gasteiger partial charge in [0.05, 0.1) is 0 Å². The second-order valence-corrected chi connectivity index (χ2v) is 7.32. The van der Waals surface area contributed by atoms with Gasteiger partial charge in [-0.1, -0.05) is 61.9 Å². The molecule has 0 saturated carbocycles. The highest BCUT2D eigenvalue weighted by Crippen LogP contribution is 2.30. The highest BCUT2D eigenvalue weighted by Gasteiger charge is 2.11. The molecule has 3 heteroatoms. The van der Waals surface area contributed by atoms with E-state index in [4.69, 9.17) is 0 Å². The first-order chi connectivity index (χ1) is 14.0. The number of benzene rings is 4. The average Bonchev–Trinajstić information content (AvgIpc) is 2.73. The van der Waals surface area contributed by atoms with E-state index < -0.39 is 17.5 Å². The lowest BCUT2D eigenvalue weighted by Gasteiger charge is -2.09. The molecule has 0 aliphatic carbocycles. The molecule has 0 nitrogen and oxygen atoms in total. The largest absolute Gasteiger partial charge is 0.206 e. The fourth-order valence-corrected chi connectivity index (χ4v) is 3.60. The molecule has 0 unspecified atom stereocenters. The normalized spacial score (nSPS) is 11.2. The highest BCUT2D eigenvalue weighted by molar-refractivity contribution is 5.88. The minimum atomic E-state index is -0.987. The molecular weight excluding hydrogens is 369 g/mol. The maximum atomic E-state index is 14.7. The Morgan fingerprint density at radius 2 is 1.24 bits per heavy atom. The summed E-state index contributed by atoms with van der Waals surface area (Å²) in [7, 11) is 0. The molecule has 0 bridgehead atoms. The minimum Gasteiger partial charge on any atom is -0.206 e. The summed E-state index contributed by atoms with van der Waals surface area (Å²) in [6.07, 6.45) is 3.42.